The molecule has 0 spiro atoms. The van der Waals surface area contributed by atoms with Crippen molar-refractivity contribution in [3.05, 3.63) is 120 Å². The maximum Gasteiger partial charge on any atom is 0.261 e. The molecule has 0 aliphatic carbocycles. The summed E-state index contributed by atoms with van der Waals surface area (Å²) in [4.78, 5) is 17.5. The molecule has 0 aliphatic heterocycles. The van der Waals surface area contributed by atoms with Crippen LogP contribution in [0, 0.1) is 0 Å². The molecule has 1 amide bonds. The summed E-state index contributed by atoms with van der Waals surface area (Å²) in [7, 11) is -3.76. The van der Waals surface area contributed by atoms with E-state index in [-0.39, 0.29) is 10.6 Å². The van der Waals surface area contributed by atoms with Gasteiger partial charge in [-0.05, 0) is 66.7 Å². The summed E-state index contributed by atoms with van der Waals surface area (Å²) < 4.78 is 33.5. The summed E-state index contributed by atoms with van der Waals surface area (Å²) in [6.45, 7) is 0. The largest absolute Gasteiger partial charge is 0.457 e. The van der Waals surface area contributed by atoms with E-state index in [9.17, 15) is 13.2 Å². The second-order valence-electron chi connectivity index (χ2n) is 7.93. The van der Waals surface area contributed by atoms with E-state index in [0.29, 0.717) is 16.4 Å². The van der Waals surface area contributed by atoms with Crippen LogP contribution in [-0.4, -0.2) is 19.3 Å². The zero-order valence-corrected chi connectivity index (χ0v) is 21.0. The lowest BCUT2D eigenvalue weighted by molar-refractivity contribution is 0.102. The zero-order valence-electron chi connectivity index (χ0n) is 19.4. The van der Waals surface area contributed by atoms with Gasteiger partial charge in [-0.25, -0.2) is 13.4 Å². The summed E-state index contributed by atoms with van der Waals surface area (Å²) in [5.41, 5.74) is 2.19. The number of sulfonamides is 1. The lowest BCUT2D eigenvalue weighted by atomic mass is 10.2. The first kappa shape index (κ1) is 24.2. The highest BCUT2D eigenvalue weighted by atomic mass is 32.2. The molecule has 1 heterocycles. The average Bonchev–Trinajstić information content (AvgIpc) is 3.38. The highest BCUT2D eigenvalue weighted by Gasteiger charge is 2.15. The van der Waals surface area contributed by atoms with E-state index in [4.69, 9.17) is 4.74 Å². The molecule has 0 aliphatic rings. The molecule has 4 aromatic carbocycles. The normalized spacial score (nSPS) is 11.0. The van der Waals surface area contributed by atoms with Crippen LogP contribution in [0.4, 0.5) is 10.8 Å². The van der Waals surface area contributed by atoms with Crippen molar-refractivity contribution < 1.29 is 17.9 Å². The Morgan fingerprint density at radius 3 is 2.19 bits per heavy atom. The van der Waals surface area contributed by atoms with Crippen molar-refractivity contribution in [1.82, 2.24) is 4.98 Å². The van der Waals surface area contributed by atoms with E-state index in [1.807, 2.05) is 60.0 Å². The van der Waals surface area contributed by atoms with Gasteiger partial charge >= 0.3 is 0 Å². The Bertz CT molecular complexity index is 1620. The van der Waals surface area contributed by atoms with Crippen LogP contribution in [0.1, 0.15) is 10.4 Å². The SMILES string of the molecule is O=C(Nc1nc(-c2ccc(Oc3ccccc3)cc2)cs1)c1cccc(NS(=O)(=O)c2ccccc2)c1. The highest BCUT2D eigenvalue weighted by Crippen LogP contribution is 2.28. The van der Waals surface area contributed by atoms with Crippen LogP contribution in [0.15, 0.2) is 119 Å². The van der Waals surface area contributed by atoms with Gasteiger partial charge in [0.05, 0.1) is 10.6 Å². The Balaban J connectivity index is 1.24. The van der Waals surface area contributed by atoms with Gasteiger partial charge in [0.15, 0.2) is 5.13 Å². The predicted molar refractivity (Wildman–Crippen MR) is 146 cm³/mol. The fraction of sp³-hybridized carbons (Fsp3) is 0. The monoisotopic (exact) mass is 527 g/mol. The van der Waals surface area contributed by atoms with E-state index in [2.05, 4.69) is 15.0 Å². The number of nitrogens with one attached hydrogen (secondary N) is 2. The summed E-state index contributed by atoms with van der Waals surface area (Å²) in [6, 6.07) is 31.4. The number of hydrogen-bond acceptors (Lipinski definition) is 6. The summed E-state index contributed by atoms with van der Waals surface area (Å²) in [5.74, 6) is 1.07. The van der Waals surface area contributed by atoms with Gasteiger partial charge in [-0.15, -0.1) is 11.3 Å². The number of benzene rings is 4. The van der Waals surface area contributed by atoms with E-state index < -0.39 is 15.9 Å². The van der Waals surface area contributed by atoms with Crippen LogP contribution in [0.3, 0.4) is 0 Å². The molecule has 0 radical (unpaired) electrons. The Kier molecular flexibility index (Phi) is 6.98. The minimum absolute atomic E-state index is 0.139. The van der Waals surface area contributed by atoms with E-state index in [0.717, 1.165) is 17.0 Å². The lowest BCUT2D eigenvalue weighted by Gasteiger charge is -2.09. The molecule has 0 fully saturated rings. The second-order valence-corrected chi connectivity index (χ2v) is 10.5. The molecular weight excluding hydrogens is 506 g/mol. The van der Waals surface area contributed by atoms with Crippen molar-refractivity contribution in [3.63, 3.8) is 0 Å². The topological polar surface area (TPSA) is 97.4 Å². The third-order valence-corrected chi connectivity index (χ3v) is 7.44. The molecule has 9 heteroatoms. The fourth-order valence-corrected chi connectivity index (χ4v) is 5.27. The summed E-state index contributed by atoms with van der Waals surface area (Å²) in [6.07, 6.45) is 0. The number of aromatic nitrogens is 1. The molecule has 184 valence electrons. The molecule has 0 saturated heterocycles. The molecule has 0 atom stereocenters. The first-order valence-corrected chi connectivity index (χ1v) is 13.6. The van der Waals surface area contributed by atoms with Crippen molar-refractivity contribution in [2.24, 2.45) is 0 Å². The van der Waals surface area contributed by atoms with Gasteiger partial charge in [-0.1, -0.05) is 42.5 Å². The zero-order chi connectivity index (χ0) is 25.7. The van der Waals surface area contributed by atoms with Gasteiger partial charge < -0.3 is 4.74 Å². The Morgan fingerprint density at radius 2 is 1.46 bits per heavy atom. The van der Waals surface area contributed by atoms with Crippen molar-refractivity contribution in [1.29, 1.82) is 0 Å². The second kappa shape index (κ2) is 10.7. The number of rotatable bonds is 8. The fourth-order valence-electron chi connectivity index (χ4n) is 3.49. The van der Waals surface area contributed by atoms with Crippen LogP contribution in [0.2, 0.25) is 0 Å². The third kappa shape index (κ3) is 6.03. The standard InChI is InChI=1S/C28H21N3O4S2/c32-27(21-8-7-9-22(18-21)31-37(33,34)25-12-5-2-6-13-25)30-28-29-26(19-36-28)20-14-16-24(17-15-20)35-23-10-3-1-4-11-23/h1-19,31H,(H,29,30,32). The molecule has 2 N–H and O–H groups in total. The average molecular weight is 528 g/mol. The number of hydrogen-bond donors (Lipinski definition) is 2. The number of carbonyl (C=O) groups is 1. The van der Waals surface area contributed by atoms with E-state index >= 15 is 0 Å². The minimum Gasteiger partial charge on any atom is -0.457 e. The highest BCUT2D eigenvalue weighted by molar-refractivity contribution is 7.92. The van der Waals surface area contributed by atoms with Gasteiger partial charge in [-0.3, -0.25) is 14.8 Å². The molecule has 5 rings (SSSR count). The van der Waals surface area contributed by atoms with Crippen LogP contribution in [0.25, 0.3) is 11.3 Å². The smallest absolute Gasteiger partial charge is 0.261 e. The number of ether oxygens (including phenoxy) is 1. The van der Waals surface area contributed by atoms with Gasteiger partial charge in [0.25, 0.3) is 15.9 Å². The van der Waals surface area contributed by atoms with E-state index in [1.165, 1.54) is 29.5 Å². The lowest BCUT2D eigenvalue weighted by Crippen LogP contribution is -2.15. The Labute approximate surface area is 218 Å². The van der Waals surface area contributed by atoms with Crippen LogP contribution >= 0.6 is 11.3 Å². The van der Waals surface area contributed by atoms with Gasteiger partial charge in [-0.2, -0.15) is 0 Å². The number of nitrogens with zero attached hydrogens (tertiary/aromatic N) is 1. The Hall–Kier alpha value is -4.47. The predicted octanol–water partition coefficient (Wildman–Crippen LogP) is 6.66. The van der Waals surface area contributed by atoms with Crippen LogP contribution < -0.4 is 14.8 Å². The number of anilines is 2. The molecule has 5 aromatic rings. The number of amides is 1. The first-order valence-electron chi connectivity index (χ1n) is 11.2. The van der Waals surface area contributed by atoms with Crippen molar-refractivity contribution in [2.75, 3.05) is 10.0 Å². The maximum absolute atomic E-state index is 12.8. The summed E-state index contributed by atoms with van der Waals surface area (Å²) in [5, 5.41) is 5.07. The minimum atomic E-state index is -3.76. The molecule has 0 bridgehead atoms. The third-order valence-electron chi connectivity index (χ3n) is 5.28. The number of para-hydroxylation sites is 1. The maximum atomic E-state index is 12.8. The molecule has 7 nitrogen and oxygen atoms in total. The number of carbonyl (C=O) groups excluding carboxylic acids is 1. The van der Waals surface area contributed by atoms with Crippen LogP contribution in [-0.2, 0) is 10.0 Å². The van der Waals surface area contributed by atoms with Crippen molar-refractivity contribution in [2.45, 2.75) is 4.90 Å². The van der Waals surface area contributed by atoms with Crippen molar-refractivity contribution >= 4 is 38.1 Å². The number of thiazole rings is 1. The van der Waals surface area contributed by atoms with Gasteiger partial charge in [0.1, 0.15) is 11.5 Å². The van der Waals surface area contributed by atoms with Gasteiger partial charge in [0.2, 0.25) is 0 Å². The molecule has 0 unspecified atom stereocenters. The quantitative estimate of drug-likeness (QED) is 0.235. The van der Waals surface area contributed by atoms with Crippen molar-refractivity contribution in [3.8, 4) is 22.8 Å². The summed E-state index contributed by atoms with van der Waals surface area (Å²) >= 11 is 1.30. The van der Waals surface area contributed by atoms with Crippen LogP contribution in [0.5, 0.6) is 11.5 Å². The first-order chi connectivity index (χ1) is 18.0. The molecule has 1 aromatic heterocycles. The Morgan fingerprint density at radius 1 is 0.784 bits per heavy atom. The molecule has 37 heavy (non-hydrogen) atoms. The molecular formula is C28H21N3O4S2. The van der Waals surface area contributed by atoms with Gasteiger partial charge in [0, 0.05) is 22.2 Å². The van der Waals surface area contributed by atoms with E-state index in [1.54, 1.807) is 36.4 Å². The molecule has 0 saturated carbocycles.